The second-order valence-corrected chi connectivity index (χ2v) is 10.7. The predicted molar refractivity (Wildman–Crippen MR) is 140 cm³/mol. The van der Waals surface area contributed by atoms with Gasteiger partial charge in [-0.1, -0.05) is 19.9 Å². The molecule has 198 valence electrons. The number of ether oxygens (including phenoxy) is 2. The van der Waals surface area contributed by atoms with Crippen LogP contribution in [0.5, 0.6) is 6.01 Å². The first-order chi connectivity index (χ1) is 17.2. The summed E-state index contributed by atoms with van der Waals surface area (Å²) in [5, 5.41) is 7.05. The minimum atomic E-state index is -3.60. The van der Waals surface area contributed by atoms with Crippen molar-refractivity contribution in [1.82, 2.24) is 14.7 Å². The normalized spacial score (nSPS) is 18.8. The van der Waals surface area contributed by atoms with Gasteiger partial charge in [0.2, 0.25) is 15.9 Å². The van der Waals surface area contributed by atoms with Gasteiger partial charge in [-0.15, -0.1) is 0 Å². The van der Waals surface area contributed by atoms with E-state index in [2.05, 4.69) is 32.2 Å². The number of amides is 1. The van der Waals surface area contributed by atoms with Crippen molar-refractivity contribution in [2.24, 2.45) is 0 Å². The molecule has 2 heterocycles. The van der Waals surface area contributed by atoms with Crippen molar-refractivity contribution in [3.8, 4) is 6.01 Å². The number of rotatable bonds is 12. The zero-order chi connectivity index (χ0) is 26.1. The number of carbonyl (C=O) groups is 1. The topological polar surface area (TPSA) is 132 Å². The van der Waals surface area contributed by atoms with Crippen LogP contribution in [0.4, 0.5) is 17.1 Å². The number of aromatic nitrogens is 2. The number of benzene rings is 1. The Hall–Kier alpha value is -2.92. The highest BCUT2D eigenvalue weighted by Gasteiger charge is 2.23. The molecule has 1 amide bonds. The van der Waals surface area contributed by atoms with Crippen LogP contribution >= 0.6 is 0 Å². The molecule has 1 aliphatic rings. The lowest BCUT2D eigenvalue weighted by Crippen LogP contribution is -2.33. The minimum absolute atomic E-state index is 0.0695. The molecule has 1 saturated heterocycles. The van der Waals surface area contributed by atoms with Gasteiger partial charge in [-0.3, -0.25) is 9.52 Å². The molecule has 3 atom stereocenters. The molecular weight excluding hydrogens is 482 g/mol. The molecule has 3 unspecified atom stereocenters. The zero-order valence-electron chi connectivity index (χ0n) is 21.4. The van der Waals surface area contributed by atoms with Crippen molar-refractivity contribution in [1.29, 1.82) is 0 Å². The second-order valence-electron chi connectivity index (χ2n) is 8.99. The molecule has 0 spiro atoms. The lowest BCUT2D eigenvalue weighted by molar-refractivity contribution is -0.119. The first kappa shape index (κ1) is 27.7. The van der Waals surface area contributed by atoms with E-state index >= 15 is 0 Å². The van der Waals surface area contributed by atoms with E-state index in [1.165, 1.54) is 0 Å². The van der Waals surface area contributed by atoms with Crippen molar-refractivity contribution in [3.63, 3.8) is 0 Å². The Labute approximate surface area is 213 Å². The molecular formula is C25H37N5O5S. The SMILES string of the molecule is CCOc1ncc(Nc2cc(C(CC)CC(=O)NS(C)(=O)=O)ccc2NC2CCOC(CC)C2)cn1. The summed E-state index contributed by atoms with van der Waals surface area (Å²) in [6.07, 6.45) is 8.09. The Morgan fingerprint density at radius 1 is 1.19 bits per heavy atom. The summed E-state index contributed by atoms with van der Waals surface area (Å²) in [5.41, 5.74) is 3.37. The molecule has 0 bridgehead atoms. The zero-order valence-corrected chi connectivity index (χ0v) is 22.2. The lowest BCUT2D eigenvalue weighted by atomic mass is 9.92. The van der Waals surface area contributed by atoms with E-state index in [0.717, 1.165) is 49.1 Å². The fraction of sp³-hybridized carbons (Fsp3) is 0.560. The van der Waals surface area contributed by atoms with Crippen molar-refractivity contribution < 1.29 is 22.7 Å². The number of sulfonamides is 1. The first-order valence-electron chi connectivity index (χ1n) is 12.4. The van der Waals surface area contributed by atoms with E-state index in [4.69, 9.17) is 9.47 Å². The molecule has 1 fully saturated rings. The maximum absolute atomic E-state index is 12.3. The van der Waals surface area contributed by atoms with Crippen molar-refractivity contribution in [3.05, 3.63) is 36.2 Å². The summed E-state index contributed by atoms with van der Waals surface area (Å²) in [5.74, 6) is -0.667. The average Bonchev–Trinajstić information content (AvgIpc) is 2.84. The van der Waals surface area contributed by atoms with Crippen molar-refractivity contribution in [2.75, 3.05) is 30.1 Å². The quantitative estimate of drug-likeness (QED) is 0.381. The van der Waals surface area contributed by atoms with Crippen LogP contribution in [0.1, 0.15) is 64.4 Å². The van der Waals surface area contributed by atoms with E-state index in [-0.39, 0.29) is 24.5 Å². The van der Waals surface area contributed by atoms with Crippen molar-refractivity contribution >= 4 is 33.0 Å². The van der Waals surface area contributed by atoms with Gasteiger partial charge < -0.3 is 20.1 Å². The van der Waals surface area contributed by atoms with Crippen LogP contribution in [0, 0.1) is 0 Å². The first-order valence-corrected chi connectivity index (χ1v) is 14.3. The standard InChI is InChI=1S/C25H37N5O5S/c1-5-17(13-24(31)30-36(4,32)33)18-8-9-22(28-19-10-11-35-21(6-2)14-19)23(12-18)29-20-15-26-25(27-16-20)34-7-3/h8-9,12,15-17,19,21,28-29H,5-7,10-11,13-14H2,1-4H3,(H,30,31). The predicted octanol–water partition coefficient (Wildman–Crippen LogP) is 3.95. The molecule has 2 aromatic rings. The maximum Gasteiger partial charge on any atom is 0.316 e. The van der Waals surface area contributed by atoms with Crippen LogP contribution in [-0.2, 0) is 19.6 Å². The van der Waals surface area contributed by atoms with Gasteiger partial charge >= 0.3 is 6.01 Å². The third kappa shape index (κ3) is 8.34. The Morgan fingerprint density at radius 3 is 2.58 bits per heavy atom. The molecule has 0 aliphatic carbocycles. The van der Waals surface area contributed by atoms with Gasteiger partial charge in [-0.2, -0.15) is 0 Å². The molecule has 10 nitrogen and oxygen atoms in total. The molecule has 1 aromatic heterocycles. The Balaban J connectivity index is 1.86. The summed E-state index contributed by atoms with van der Waals surface area (Å²) in [6.45, 7) is 7.18. The van der Waals surface area contributed by atoms with Crippen LogP contribution in [0.3, 0.4) is 0 Å². The third-order valence-electron chi connectivity index (χ3n) is 6.10. The van der Waals surface area contributed by atoms with Gasteiger partial charge in [-0.25, -0.2) is 18.4 Å². The summed E-state index contributed by atoms with van der Waals surface area (Å²) in [4.78, 5) is 20.8. The van der Waals surface area contributed by atoms with Crippen LogP contribution in [-0.4, -0.2) is 55.9 Å². The molecule has 0 saturated carbocycles. The third-order valence-corrected chi connectivity index (χ3v) is 6.70. The number of nitrogens with one attached hydrogen (secondary N) is 3. The lowest BCUT2D eigenvalue weighted by Gasteiger charge is -2.31. The number of hydrogen-bond acceptors (Lipinski definition) is 9. The van der Waals surface area contributed by atoms with Gasteiger partial charge in [0, 0.05) is 19.1 Å². The average molecular weight is 520 g/mol. The highest BCUT2D eigenvalue weighted by molar-refractivity contribution is 7.89. The minimum Gasteiger partial charge on any atom is -0.464 e. The molecule has 0 radical (unpaired) electrons. The van der Waals surface area contributed by atoms with Crippen LogP contribution in [0.25, 0.3) is 0 Å². The number of nitrogens with zero attached hydrogens (tertiary/aromatic N) is 2. The monoisotopic (exact) mass is 519 g/mol. The number of carbonyl (C=O) groups excluding carboxylic acids is 1. The Bertz CT molecular complexity index is 1110. The van der Waals surface area contributed by atoms with Gasteiger partial charge in [0.15, 0.2) is 0 Å². The molecule has 3 rings (SSSR count). The number of hydrogen-bond donors (Lipinski definition) is 3. The van der Waals surface area contributed by atoms with E-state index in [1.807, 2.05) is 32.0 Å². The van der Waals surface area contributed by atoms with E-state index in [0.29, 0.717) is 24.7 Å². The fourth-order valence-electron chi connectivity index (χ4n) is 4.27. The summed E-state index contributed by atoms with van der Waals surface area (Å²) in [6, 6.07) is 6.57. The Kier molecular flexibility index (Phi) is 9.89. The molecule has 36 heavy (non-hydrogen) atoms. The smallest absolute Gasteiger partial charge is 0.316 e. The van der Waals surface area contributed by atoms with Crippen LogP contribution < -0.4 is 20.1 Å². The van der Waals surface area contributed by atoms with E-state index in [1.54, 1.807) is 12.4 Å². The van der Waals surface area contributed by atoms with Gasteiger partial charge in [0.25, 0.3) is 0 Å². The summed E-state index contributed by atoms with van der Waals surface area (Å²) >= 11 is 0. The molecule has 11 heteroatoms. The van der Waals surface area contributed by atoms with Gasteiger partial charge in [0.1, 0.15) is 0 Å². The summed E-state index contributed by atoms with van der Waals surface area (Å²) in [7, 11) is -3.60. The molecule has 1 aromatic carbocycles. The van der Waals surface area contributed by atoms with E-state index < -0.39 is 15.9 Å². The summed E-state index contributed by atoms with van der Waals surface area (Å²) < 4.78 is 36.2. The molecule has 1 aliphatic heterocycles. The fourth-order valence-corrected chi connectivity index (χ4v) is 4.77. The number of anilines is 3. The van der Waals surface area contributed by atoms with Gasteiger partial charge in [-0.05, 0) is 56.2 Å². The second kappa shape index (κ2) is 12.9. The highest BCUT2D eigenvalue weighted by Crippen LogP contribution is 2.34. The van der Waals surface area contributed by atoms with Gasteiger partial charge in [0.05, 0.1) is 48.4 Å². The van der Waals surface area contributed by atoms with Crippen LogP contribution in [0.15, 0.2) is 30.6 Å². The molecule has 3 N–H and O–H groups in total. The highest BCUT2D eigenvalue weighted by atomic mass is 32.2. The van der Waals surface area contributed by atoms with Crippen molar-refractivity contribution in [2.45, 2.75) is 70.9 Å². The maximum atomic E-state index is 12.3. The van der Waals surface area contributed by atoms with Crippen LogP contribution in [0.2, 0.25) is 0 Å². The largest absolute Gasteiger partial charge is 0.464 e. The van der Waals surface area contributed by atoms with E-state index in [9.17, 15) is 13.2 Å². The Morgan fingerprint density at radius 2 is 1.94 bits per heavy atom.